The minimum Gasteiger partial charge on any atom is -0.348 e. The summed E-state index contributed by atoms with van der Waals surface area (Å²) in [6, 6.07) is 0. The Bertz CT molecular complexity index is 256. The summed E-state index contributed by atoms with van der Waals surface area (Å²) in [5, 5.41) is 0. The van der Waals surface area contributed by atoms with Gasteiger partial charge in [-0.2, -0.15) is 0 Å². The summed E-state index contributed by atoms with van der Waals surface area (Å²) in [6.45, 7) is 3.00. The van der Waals surface area contributed by atoms with Crippen LogP contribution in [0.25, 0.3) is 0 Å². The first kappa shape index (κ1) is 9.92. The fourth-order valence-electron chi connectivity index (χ4n) is 1.19. The summed E-state index contributed by atoms with van der Waals surface area (Å²) in [5.41, 5.74) is 1.11. The van der Waals surface area contributed by atoms with Gasteiger partial charge in [-0.1, -0.05) is 0 Å². The summed E-state index contributed by atoms with van der Waals surface area (Å²) in [5.74, 6) is 0.201. The fourth-order valence-corrected chi connectivity index (χ4v) is 1.19. The van der Waals surface area contributed by atoms with Gasteiger partial charge >= 0.3 is 0 Å². The van der Waals surface area contributed by atoms with Crippen molar-refractivity contribution in [1.29, 1.82) is 0 Å². The Morgan fingerprint density at radius 2 is 2.46 bits per heavy atom. The quantitative estimate of drug-likeness (QED) is 0.718. The van der Waals surface area contributed by atoms with Crippen LogP contribution in [0.3, 0.4) is 0 Å². The highest BCUT2D eigenvalue weighted by atomic mass is 16.1. The number of carbonyl (C=O) groups excluding carboxylic acids is 1. The second-order valence-corrected chi connectivity index (χ2v) is 3.27. The Kier molecular flexibility index (Phi) is 3.64. The van der Waals surface area contributed by atoms with Crippen LogP contribution in [-0.4, -0.2) is 40.8 Å². The first-order valence-electron chi connectivity index (χ1n) is 4.33. The Balaban J connectivity index is 2.22. The Labute approximate surface area is 78.0 Å². The van der Waals surface area contributed by atoms with Crippen molar-refractivity contribution in [3.63, 3.8) is 0 Å². The van der Waals surface area contributed by atoms with Crippen molar-refractivity contribution in [2.75, 3.05) is 20.1 Å². The zero-order valence-corrected chi connectivity index (χ0v) is 8.08. The van der Waals surface area contributed by atoms with Crippen LogP contribution < -0.4 is 0 Å². The lowest BCUT2D eigenvalue weighted by molar-refractivity contribution is -0.117. The SMILES string of the molecule is CC(=O)CN(C)CCc1cnc[nH]1. The highest BCUT2D eigenvalue weighted by Crippen LogP contribution is 1.94. The molecule has 4 heteroatoms. The van der Waals surface area contributed by atoms with Crippen molar-refractivity contribution in [3.05, 3.63) is 18.2 Å². The molecule has 0 aliphatic carbocycles. The number of ketones is 1. The molecule has 0 radical (unpaired) electrons. The van der Waals surface area contributed by atoms with E-state index in [1.54, 1.807) is 13.3 Å². The van der Waals surface area contributed by atoms with Gasteiger partial charge in [0.05, 0.1) is 12.9 Å². The van der Waals surface area contributed by atoms with Crippen LogP contribution in [0, 0.1) is 0 Å². The van der Waals surface area contributed by atoms with Crippen LogP contribution in [0.1, 0.15) is 12.6 Å². The number of hydrogen-bond acceptors (Lipinski definition) is 3. The van der Waals surface area contributed by atoms with Gasteiger partial charge in [-0.05, 0) is 14.0 Å². The second kappa shape index (κ2) is 4.77. The number of rotatable bonds is 5. The van der Waals surface area contributed by atoms with Gasteiger partial charge in [0.1, 0.15) is 5.78 Å². The van der Waals surface area contributed by atoms with Crippen molar-refractivity contribution < 1.29 is 4.79 Å². The number of nitrogens with one attached hydrogen (secondary N) is 1. The van der Waals surface area contributed by atoms with E-state index in [1.165, 1.54) is 0 Å². The molecule has 72 valence electrons. The lowest BCUT2D eigenvalue weighted by Crippen LogP contribution is -2.26. The molecule has 0 amide bonds. The van der Waals surface area contributed by atoms with Crippen molar-refractivity contribution >= 4 is 5.78 Å². The molecule has 4 nitrogen and oxygen atoms in total. The van der Waals surface area contributed by atoms with E-state index in [2.05, 4.69) is 9.97 Å². The predicted molar refractivity (Wildman–Crippen MR) is 50.5 cm³/mol. The van der Waals surface area contributed by atoms with Crippen molar-refractivity contribution in [3.8, 4) is 0 Å². The van der Waals surface area contributed by atoms with Gasteiger partial charge in [-0.3, -0.25) is 9.69 Å². The van der Waals surface area contributed by atoms with Gasteiger partial charge in [-0.15, -0.1) is 0 Å². The maximum absolute atomic E-state index is 10.8. The third kappa shape index (κ3) is 3.85. The monoisotopic (exact) mass is 181 g/mol. The number of hydrogen-bond donors (Lipinski definition) is 1. The van der Waals surface area contributed by atoms with Crippen LogP contribution in [-0.2, 0) is 11.2 Å². The lowest BCUT2D eigenvalue weighted by atomic mass is 10.3. The van der Waals surface area contributed by atoms with E-state index in [4.69, 9.17) is 0 Å². The molecule has 0 saturated carbocycles. The molecule has 13 heavy (non-hydrogen) atoms. The van der Waals surface area contributed by atoms with E-state index in [-0.39, 0.29) is 5.78 Å². The van der Waals surface area contributed by atoms with Crippen molar-refractivity contribution in [1.82, 2.24) is 14.9 Å². The normalized spacial score (nSPS) is 10.7. The number of aromatic amines is 1. The molecule has 0 aromatic carbocycles. The minimum atomic E-state index is 0.201. The van der Waals surface area contributed by atoms with Crippen LogP contribution in [0.15, 0.2) is 12.5 Å². The van der Waals surface area contributed by atoms with Crippen LogP contribution in [0.5, 0.6) is 0 Å². The average Bonchev–Trinajstić information content (AvgIpc) is 2.51. The summed E-state index contributed by atoms with van der Waals surface area (Å²) in [4.78, 5) is 19.7. The number of nitrogens with zero attached hydrogens (tertiary/aromatic N) is 2. The first-order valence-corrected chi connectivity index (χ1v) is 4.33. The summed E-state index contributed by atoms with van der Waals surface area (Å²) in [7, 11) is 1.94. The maximum atomic E-state index is 10.8. The number of H-pyrrole nitrogens is 1. The topological polar surface area (TPSA) is 49.0 Å². The molecule has 0 atom stereocenters. The Morgan fingerprint density at radius 1 is 1.69 bits per heavy atom. The number of carbonyl (C=O) groups is 1. The summed E-state index contributed by atoms with van der Waals surface area (Å²) >= 11 is 0. The van der Waals surface area contributed by atoms with E-state index in [9.17, 15) is 4.79 Å². The predicted octanol–water partition coefficient (Wildman–Crippen LogP) is 0.473. The van der Waals surface area contributed by atoms with Crippen LogP contribution >= 0.6 is 0 Å². The Morgan fingerprint density at radius 3 is 3.00 bits per heavy atom. The fraction of sp³-hybridized carbons (Fsp3) is 0.556. The highest BCUT2D eigenvalue weighted by Gasteiger charge is 2.02. The van der Waals surface area contributed by atoms with E-state index < -0.39 is 0 Å². The van der Waals surface area contributed by atoms with Gasteiger partial charge in [0, 0.05) is 24.9 Å². The molecule has 0 fully saturated rings. The van der Waals surface area contributed by atoms with E-state index in [0.717, 1.165) is 18.7 Å². The van der Waals surface area contributed by atoms with Gasteiger partial charge in [0.2, 0.25) is 0 Å². The van der Waals surface area contributed by atoms with Gasteiger partial charge in [0.25, 0.3) is 0 Å². The van der Waals surface area contributed by atoms with Crippen LogP contribution in [0.4, 0.5) is 0 Å². The average molecular weight is 181 g/mol. The molecule has 1 aromatic heterocycles. The Hall–Kier alpha value is -1.16. The van der Waals surface area contributed by atoms with Crippen molar-refractivity contribution in [2.24, 2.45) is 0 Å². The highest BCUT2D eigenvalue weighted by molar-refractivity contribution is 5.77. The number of imidazole rings is 1. The number of likely N-dealkylation sites (N-methyl/N-ethyl adjacent to an activating group) is 1. The molecular formula is C9H15N3O. The molecule has 0 spiro atoms. The van der Waals surface area contributed by atoms with Crippen molar-refractivity contribution in [2.45, 2.75) is 13.3 Å². The molecule has 1 heterocycles. The first-order chi connectivity index (χ1) is 6.18. The second-order valence-electron chi connectivity index (χ2n) is 3.27. The smallest absolute Gasteiger partial charge is 0.143 e. The maximum Gasteiger partial charge on any atom is 0.143 e. The molecule has 0 bridgehead atoms. The summed E-state index contributed by atoms with van der Waals surface area (Å²) in [6.07, 6.45) is 4.38. The molecule has 1 aromatic rings. The number of Topliss-reactive ketones (excluding diaryl/α,β-unsaturated/α-hetero) is 1. The van der Waals surface area contributed by atoms with E-state index in [0.29, 0.717) is 6.54 Å². The van der Waals surface area contributed by atoms with Gasteiger partial charge < -0.3 is 4.98 Å². The van der Waals surface area contributed by atoms with Gasteiger partial charge in [0.15, 0.2) is 0 Å². The largest absolute Gasteiger partial charge is 0.348 e. The van der Waals surface area contributed by atoms with E-state index in [1.807, 2.05) is 18.1 Å². The molecule has 0 saturated heterocycles. The molecule has 0 unspecified atom stereocenters. The zero-order valence-electron chi connectivity index (χ0n) is 8.08. The molecular weight excluding hydrogens is 166 g/mol. The molecule has 1 rings (SSSR count). The third-order valence-corrected chi connectivity index (χ3v) is 1.81. The molecule has 1 N–H and O–H groups in total. The lowest BCUT2D eigenvalue weighted by Gasteiger charge is -2.13. The molecule has 0 aliphatic heterocycles. The van der Waals surface area contributed by atoms with Crippen LogP contribution in [0.2, 0.25) is 0 Å². The third-order valence-electron chi connectivity index (χ3n) is 1.81. The van der Waals surface area contributed by atoms with E-state index >= 15 is 0 Å². The minimum absolute atomic E-state index is 0.201. The summed E-state index contributed by atoms with van der Waals surface area (Å²) < 4.78 is 0. The zero-order chi connectivity index (χ0) is 9.68. The molecule has 0 aliphatic rings. The standard InChI is InChI=1S/C9H15N3O/c1-8(13)6-12(2)4-3-9-5-10-7-11-9/h5,7H,3-4,6H2,1-2H3,(H,10,11). The van der Waals surface area contributed by atoms with Gasteiger partial charge in [-0.25, -0.2) is 4.98 Å². The number of aromatic nitrogens is 2.